The van der Waals surface area contributed by atoms with Crippen molar-refractivity contribution in [2.45, 2.75) is 6.92 Å². The van der Waals surface area contributed by atoms with Crippen LogP contribution in [-0.2, 0) is 0 Å². The number of benzene rings is 2. The van der Waals surface area contributed by atoms with E-state index in [1.807, 2.05) is 27.1 Å². The highest BCUT2D eigenvalue weighted by molar-refractivity contribution is 6.05. The van der Waals surface area contributed by atoms with Crippen LogP contribution in [0.4, 0.5) is 20.3 Å². The molecule has 4 nitrogen and oxygen atoms in total. The van der Waals surface area contributed by atoms with Crippen molar-refractivity contribution in [1.82, 2.24) is 9.88 Å². The van der Waals surface area contributed by atoms with Gasteiger partial charge in [0.25, 0.3) is 0 Å². The van der Waals surface area contributed by atoms with E-state index in [9.17, 15) is 13.6 Å². The SMILES string of the molecule is Cc1ccc(C(=O)C=CN(C)C)cc1Nc1cccc(-c2ccc(F)cc2F)n1. The average molecular weight is 393 g/mol. The number of hydrogen-bond acceptors (Lipinski definition) is 4. The van der Waals surface area contributed by atoms with Crippen LogP contribution in [0.1, 0.15) is 15.9 Å². The number of halogens is 2. The van der Waals surface area contributed by atoms with Gasteiger partial charge >= 0.3 is 0 Å². The van der Waals surface area contributed by atoms with E-state index in [2.05, 4.69) is 10.3 Å². The number of carbonyl (C=O) groups is 1. The van der Waals surface area contributed by atoms with Crippen LogP contribution in [0, 0.1) is 18.6 Å². The fourth-order valence-electron chi connectivity index (χ4n) is 2.71. The summed E-state index contributed by atoms with van der Waals surface area (Å²) in [7, 11) is 3.68. The molecule has 0 unspecified atom stereocenters. The zero-order valence-corrected chi connectivity index (χ0v) is 16.4. The molecule has 0 amide bonds. The maximum Gasteiger partial charge on any atom is 0.187 e. The number of pyridine rings is 1. The molecule has 0 atom stereocenters. The molecule has 148 valence electrons. The lowest BCUT2D eigenvalue weighted by Crippen LogP contribution is -2.04. The lowest BCUT2D eigenvalue weighted by molar-refractivity contribution is 0.104. The number of nitrogens with one attached hydrogen (secondary N) is 1. The highest BCUT2D eigenvalue weighted by Crippen LogP contribution is 2.26. The summed E-state index contributed by atoms with van der Waals surface area (Å²) in [5, 5.41) is 3.18. The molecule has 0 fully saturated rings. The van der Waals surface area contributed by atoms with Gasteiger partial charge in [0.05, 0.1) is 5.69 Å². The van der Waals surface area contributed by atoms with E-state index in [-0.39, 0.29) is 11.3 Å². The smallest absolute Gasteiger partial charge is 0.187 e. The topological polar surface area (TPSA) is 45.2 Å². The lowest BCUT2D eigenvalue weighted by atomic mass is 10.1. The zero-order chi connectivity index (χ0) is 21.0. The number of rotatable bonds is 6. The summed E-state index contributed by atoms with van der Waals surface area (Å²) in [6.07, 6.45) is 3.20. The summed E-state index contributed by atoms with van der Waals surface area (Å²) >= 11 is 0. The molecule has 1 N–H and O–H groups in total. The molecule has 0 aliphatic rings. The van der Waals surface area contributed by atoms with Crippen molar-refractivity contribution in [2.24, 2.45) is 0 Å². The van der Waals surface area contributed by atoms with Crippen LogP contribution in [0.5, 0.6) is 0 Å². The van der Waals surface area contributed by atoms with Gasteiger partial charge in [-0.05, 0) is 42.8 Å². The normalized spacial score (nSPS) is 10.9. The molecule has 29 heavy (non-hydrogen) atoms. The second-order valence-corrected chi connectivity index (χ2v) is 6.83. The summed E-state index contributed by atoms with van der Waals surface area (Å²) in [5.41, 5.74) is 2.78. The minimum absolute atomic E-state index is 0.114. The molecular formula is C23H21F2N3O. The molecule has 0 radical (unpaired) electrons. The van der Waals surface area contributed by atoms with Crippen molar-refractivity contribution in [3.8, 4) is 11.3 Å². The monoisotopic (exact) mass is 393 g/mol. The molecule has 0 spiro atoms. The second-order valence-electron chi connectivity index (χ2n) is 6.83. The predicted molar refractivity (Wildman–Crippen MR) is 111 cm³/mol. The van der Waals surface area contributed by atoms with E-state index in [1.54, 1.807) is 41.4 Å². The van der Waals surface area contributed by atoms with Gasteiger partial charge in [0.15, 0.2) is 5.78 Å². The Labute approximate surface area is 168 Å². The quantitative estimate of drug-likeness (QED) is 0.454. The van der Waals surface area contributed by atoms with Crippen LogP contribution < -0.4 is 5.32 Å². The average Bonchev–Trinajstić information content (AvgIpc) is 2.68. The van der Waals surface area contributed by atoms with E-state index < -0.39 is 11.6 Å². The number of nitrogens with zero attached hydrogens (tertiary/aromatic N) is 2. The minimum atomic E-state index is -0.675. The van der Waals surface area contributed by atoms with Crippen LogP contribution >= 0.6 is 0 Å². The number of ketones is 1. The van der Waals surface area contributed by atoms with Crippen LogP contribution in [-0.4, -0.2) is 29.8 Å². The van der Waals surface area contributed by atoms with E-state index in [4.69, 9.17) is 0 Å². The molecule has 0 aliphatic heterocycles. The maximum atomic E-state index is 14.1. The Morgan fingerprint density at radius 1 is 1.07 bits per heavy atom. The molecule has 1 heterocycles. The third-order valence-corrected chi connectivity index (χ3v) is 4.27. The first-order chi connectivity index (χ1) is 13.8. The number of aryl methyl sites for hydroxylation is 1. The van der Waals surface area contributed by atoms with E-state index in [0.29, 0.717) is 17.1 Å². The Balaban J connectivity index is 1.88. The fraction of sp³-hybridized carbons (Fsp3) is 0.130. The molecule has 0 aliphatic carbocycles. The van der Waals surface area contributed by atoms with Gasteiger partial charge in [-0.25, -0.2) is 13.8 Å². The van der Waals surface area contributed by atoms with Gasteiger partial charge in [0, 0.05) is 49.3 Å². The number of anilines is 2. The highest BCUT2D eigenvalue weighted by Gasteiger charge is 2.10. The van der Waals surface area contributed by atoms with Crippen molar-refractivity contribution >= 4 is 17.3 Å². The molecule has 3 rings (SSSR count). The van der Waals surface area contributed by atoms with Crippen molar-refractivity contribution < 1.29 is 13.6 Å². The lowest BCUT2D eigenvalue weighted by Gasteiger charge is -2.12. The van der Waals surface area contributed by atoms with Crippen LogP contribution in [0.3, 0.4) is 0 Å². The van der Waals surface area contributed by atoms with E-state index in [0.717, 1.165) is 17.3 Å². The molecular weight excluding hydrogens is 372 g/mol. The summed E-state index contributed by atoms with van der Waals surface area (Å²) in [6.45, 7) is 1.91. The first-order valence-corrected chi connectivity index (χ1v) is 9.02. The van der Waals surface area contributed by atoms with Crippen molar-refractivity contribution in [2.75, 3.05) is 19.4 Å². The van der Waals surface area contributed by atoms with Crippen LogP contribution in [0.25, 0.3) is 11.3 Å². The van der Waals surface area contributed by atoms with Crippen molar-refractivity contribution in [3.05, 3.63) is 89.6 Å². The predicted octanol–water partition coefficient (Wildman–Crippen LogP) is 5.34. The van der Waals surface area contributed by atoms with Gasteiger partial charge in [0.1, 0.15) is 17.5 Å². The van der Waals surface area contributed by atoms with Gasteiger partial charge in [-0.3, -0.25) is 4.79 Å². The first kappa shape index (κ1) is 20.2. The van der Waals surface area contributed by atoms with Crippen LogP contribution in [0.2, 0.25) is 0 Å². The maximum absolute atomic E-state index is 14.1. The molecule has 0 saturated heterocycles. The molecule has 6 heteroatoms. The van der Waals surface area contributed by atoms with Gasteiger partial charge in [0.2, 0.25) is 0 Å². The van der Waals surface area contributed by atoms with Crippen molar-refractivity contribution in [3.63, 3.8) is 0 Å². The number of allylic oxidation sites excluding steroid dienone is 1. The minimum Gasteiger partial charge on any atom is -0.383 e. The molecule has 3 aromatic rings. The summed E-state index contributed by atoms with van der Waals surface area (Å²) in [6, 6.07) is 13.9. The molecule has 2 aromatic carbocycles. The summed E-state index contributed by atoms with van der Waals surface area (Å²) in [4.78, 5) is 18.6. The largest absolute Gasteiger partial charge is 0.383 e. The zero-order valence-electron chi connectivity index (χ0n) is 16.4. The third-order valence-electron chi connectivity index (χ3n) is 4.27. The number of hydrogen-bond donors (Lipinski definition) is 1. The van der Waals surface area contributed by atoms with Crippen molar-refractivity contribution in [1.29, 1.82) is 0 Å². The third kappa shape index (κ3) is 5.04. The fourth-order valence-corrected chi connectivity index (χ4v) is 2.71. The number of aromatic nitrogens is 1. The van der Waals surface area contributed by atoms with Gasteiger partial charge in [-0.2, -0.15) is 0 Å². The standard InChI is InChI=1S/C23H21F2N3O/c1-15-7-8-16(22(29)11-12-28(2)3)13-21(15)27-23-6-4-5-20(26-23)18-10-9-17(24)14-19(18)25/h4-14H,1-3H3,(H,26,27). The summed E-state index contributed by atoms with van der Waals surface area (Å²) < 4.78 is 27.3. The Morgan fingerprint density at radius 3 is 2.59 bits per heavy atom. The Bertz CT molecular complexity index is 1080. The number of carbonyl (C=O) groups excluding carboxylic acids is 1. The van der Waals surface area contributed by atoms with E-state index >= 15 is 0 Å². The van der Waals surface area contributed by atoms with E-state index in [1.165, 1.54) is 18.2 Å². The first-order valence-electron chi connectivity index (χ1n) is 9.02. The highest BCUT2D eigenvalue weighted by atomic mass is 19.1. The van der Waals surface area contributed by atoms with Gasteiger partial charge in [-0.1, -0.05) is 18.2 Å². The Hall–Kier alpha value is -3.54. The second kappa shape index (κ2) is 8.65. The Kier molecular flexibility index (Phi) is 6.02. The van der Waals surface area contributed by atoms with Crippen LogP contribution in [0.15, 0.2) is 66.9 Å². The van der Waals surface area contributed by atoms with Gasteiger partial charge in [-0.15, -0.1) is 0 Å². The Morgan fingerprint density at radius 2 is 1.86 bits per heavy atom. The molecule has 0 saturated carbocycles. The molecule has 0 bridgehead atoms. The van der Waals surface area contributed by atoms with Gasteiger partial charge < -0.3 is 10.2 Å². The summed E-state index contributed by atoms with van der Waals surface area (Å²) in [5.74, 6) is -0.938. The molecule has 1 aromatic heterocycles.